The van der Waals surface area contributed by atoms with E-state index >= 15 is 0 Å². The third-order valence-corrected chi connectivity index (χ3v) is 2.51. The van der Waals surface area contributed by atoms with Crippen molar-refractivity contribution in [3.05, 3.63) is 29.3 Å². The minimum atomic E-state index is -0.528. The summed E-state index contributed by atoms with van der Waals surface area (Å²) in [6.45, 7) is 3.83. The normalized spacial score (nSPS) is 12.7. The summed E-state index contributed by atoms with van der Waals surface area (Å²) in [7, 11) is 1.65. The first-order chi connectivity index (χ1) is 7.65. The Morgan fingerprint density at radius 3 is 2.88 bits per heavy atom. The molecule has 0 fully saturated rings. The van der Waals surface area contributed by atoms with Crippen molar-refractivity contribution < 1.29 is 9.84 Å². The summed E-state index contributed by atoms with van der Waals surface area (Å²) in [6.07, 6.45) is -0.528. The highest BCUT2D eigenvalue weighted by molar-refractivity contribution is 5.48. The van der Waals surface area contributed by atoms with E-state index in [2.05, 4.69) is 5.32 Å². The molecule has 16 heavy (non-hydrogen) atoms. The molecule has 4 N–H and O–H groups in total. The van der Waals surface area contributed by atoms with Crippen LogP contribution in [-0.2, 0) is 4.74 Å². The van der Waals surface area contributed by atoms with Crippen LogP contribution in [0, 0.1) is 6.92 Å². The number of hydrogen-bond acceptors (Lipinski definition) is 4. The fraction of sp³-hybridized carbons (Fsp3) is 0.500. The van der Waals surface area contributed by atoms with E-state index in [4.69, 9.17) is 10.5 Å². The molecule has 0 saturated heterocycles. The SMILES string of the molecule is COCCNCC(O)c1ccc(C)c(N)c1. The van der Waals surface area contributed by atoms with E-state index in [-0.39, 0.29) is 0 Å². The molecule has 0 aliphatic heterocycles. The Balaban J connectivity index is 2.46. The number of aryl methyl sites for hydroxylation is 1. The lowest BCUT2D eigenvalue weighted by Gasteiger charge is -2.13. The molecule has 0 aliphatic rings. The van der Waals surface area contributed by atoms with Crippen LogP contribution in [0.4, 0.5) is 5.69 Å². The van der Waals surface area contributed by atoms with Crippen molar-refractivity contribution in [2.75, 3.05) is 32.5 Å². The van der Waals surface area contributed by atoms with Crippen LogP contribution in [0.1, 0.15) is 17.2 Å². The van der Waals surface area contributed by atoms with E-state index in [1.165, 1.54) is 0 Å². The minimum absolute atomic E-state index is 0.506. The van der Waals surface area contributed by atoms with Crippen LogP contribution < -0.4 is 11.1 Å². The third kappa shape index (κ3) is 3.81. The van der Waals surface area contributed by atoms with Crippen molar-refractivity contribution in [2.45, 2.75) is 13.0 Å². The first-order valence-electron chi connectivity index (χ1n) is 5.39. The summed E-state index contributed by atoms with van der Waals surface area (Å²) in [5.74, 6) is 0. The molecule has 90 valence electrons. The van der Waals surface area contributed by atoms with Gasteiger partial charge < -0.3 is 20.9 Å². The Morgan fingerprint density at radius 2 is 2.25 bits per heavy atom. The Hall–Kier alpha value is -1.10. The molecule has 4 nitrogen and oxygen atoms in total. The zero-order chi connectivity index (χ0) is 12.0. The number of methoxy groups -OCH3 is 1. The van der Waals surface area contributed by atoms with Crippen LogP contribution in [0.25, 0.3) is 0 Å². The monoisotopic (exact) mass is 224 g/mol. The fourth-order valence-electron chi connectivity index (χ4n) is 1.40. The van der Waals surface area contributed by atoms with Crippen molar-refractivity contribution in [1.82, 2.24) is 5.32 Å². The zero-order valence-electron chi connectivity index (χ0n) is 9.86. The van der Waals surface area contributed by atoms with Crippen molar-refractivity contribution in [2.24, 2.45) is 0 Å². The third-order valence-electron chi connectivity index (χ3n) is 2.51. The second kappa shape index (κ2) is 6.48. The summed E-state index contributed by atoms with van der Waals surface area (Å²) >= 11 is 0. The Bertz CT molecular complexity index is 329. The molecular weight excluding hydrogens is 204 g/mol. The number of ether oxygens (including phenoxy) is 1. The first-order valence-corrected chi connectivity index (χ1v) is 5.39. The number of rotatable bonds is 6. The smallest absolute Gasteiger partial charge is 0.0915 e. The van der Waals surface area contributed by atoms with E-state index < -0.39 is 6.10 Å². The molecule has 0 aromatic heterocycles. The maximum Gasteiger partial charge on any atom is 0.0915 e. The minimum Gasteiger partial charge on any atom is -0.399 e. The van der Waals surface area contributed by atoms with Gasteiger partial charge >= 0.3 is 0 Å². The lowest BCUT2D eigenvalue weighted by Crippen LogP contribution is -2.25. The van der Waals surface area contributed by atoms with Crippen LogP contribution in [0.15, 0.2) is 18.2 Å². The molecule has 0 bridgehead atoms. The molecule has 0 amide bonds. The van der Waals surface area contributed by atoms with Gasteiger partial charge in [0.05, 0.1) is 12.7 Å². The molecule has 0 heterocycles. The van der Waals surface area contributed by atoms with Crippen LogP contribution in [-0.4, -0.2) is 31.9 Å². The summed E-state index contributed by atoms with van der Waals surface area (Å²) in [6, 6.07) is 5.63. The molecule has 1 aromatic rings. The Morgan fingerprint density at radius 1 is 1.50 bits per heavy atom. The van der Waals surface area contributed by atoms with Gasteiger partial charge in [-0.1, -0.05) is 12.1 Å². The Kier molecular flexibility index (Phi) is 5.25. The molecule has 4 heteroatoms. The maximum atomic E-state index is 9.88. The predicted octanol–water partition coefficient (Wildman–Crippen LogP) is 0.847. The summed E-state index contributed by atoms with van der Waals surface area (Å²) < 4.78 is 4.90. The lowest BCUT2D eigenvalue weighted by atomic mass is 10.1. The van der Waals surface area contributed by atoms with Crippen LogP contribution in [0.5, 0.6) is 0 Å². The lowest BCUT2D eigenvalue weighted by molar-refractivity contribution is 0.161. The molecule has 1 aromatic carbocycles. The number of nitrogens with two attached hydrogens (primary N) is 1. The predicted molar refractivity (Wildman–Crippen MR) is 65.3 cm³/mol. The number of aliphatic hydroxyl groups excluding tert-OH is 1. The fourth-order valence-corrected chi connectivity index (χ4v) is 1.40. The van der Waals surface area contributed by atoms with Gasteiger partial charge in [-0.2, -0.15) is 0 Å². The molecular formula is C12H20N2O2. The molecule has 1 rings (SSSR count). The van der Waals surface area contributed by atoms with Gasteiger partial charge in [-0.15, -0.1) is 0 Å². The molecule has 0 spiro atoms. The highest BCUT2D eigenvalue weighted by atomic mass is 16.5. The van der Waals surface area contributed by atoms with Crippen molar-refractivity contribution in [1.29, 1.82) is 0 Å². The van der Waals surface area contributed by atoms with Crippen molar-refractivity contribution >= 4 is 5.69 Å². The number of benzene rings is 1. The van der Waals surface area contributed by atoms with Crippen molar-refractivity contribution in [3.8, 4) is 0 Å². The first kappa shape index (κ1) is 13.0. The van der Waals surface area contributed by atoms with E-state index in [0.29, 0.717) is 18.8 Å². The summed E-state index contributed by atoms with van der Waals surface area (Å²) in [4.78, 5) is 0. The topological polar surface area (TPSA) is 67.5 Å². The maximum absolute atomic E-state index is 9.88. The van der Waals surface area contributed by atoms with Gasteiger partial charge in [-0.25, -0.2) is 0 Å². The summed E-state index contributed by atoms with van der Waals surface area (Å²) in [5, 5.41) is 13.0. The molecule has 1 atom stereocenters. The van der Waals surface area contributed by atoms with E-state index in [9.17, 15) is 5.11 Å². The Labute approximate surface area is 96.4 Å². The van der Waals surface area contributed by atoms with Crippen LogP contribution >= 0.6 is 0 Å². The van der Waals surface area contributed by atoms with Gasteiger partial charge in [-0.3, -0.25) is 0 Å². The van der Waals surface area contributed by atoms with Gasteiger partial charge in [0.1, 0.15) is 0 Å². The second-order valence-electron chi connectivity index (χ2n) is 3.83. The highest BCUT2D eigenvalue weighted by Crippen LogP contribution is 2.18. The summed E-state index contributed by atoms with van der Waals surface area (Å²) in [5.41, 5.74) is 8.37. The number of nitrogens with one attached hydrogen (secondary N) is 1. The number of nitrogen functional groups attached to an aromatic ring is 1. The number of hydrogen-bond donors (Lipinski definition) is 3. The van der Waals surface area contributed by atoms with E-state index in [0.717, 1.165) is 17.7 Å². The van der Waals surface area contributed by atoms with E-state index in [1.54, 1.807) is 7.11 Å². The molecule has 0 aliphatic carbocycles. The molecule has 0 radical (unpaired) electrons. The van der Waals surface area contributed by atoms with Crippen molar-refractivity contribution in [3.63, 3.8) is 0 Å². The second-order valence-corrected chi connectivity index (χ2v) is 3.83. The van der Waals surface area contributed by atoms with E-state index in [1.807, 2.05) is 25.1 Å². The largest absolute Gasteiger partial charge is 0.399 e. The van der Waals surface area contributed by atoms with Gasteiger partial charge in [0.25, 0.3) is 0 Å². The van der Waals surface area contributed by atoms with Gasteiger partial charge in [0, 0.05) is 25.9 Å². The van der Waals surface area contributed by atoms with Crippen LogP contribution in [0.3, 0.4) is 0 Å². The van der Waals surface area contributed by atoms with Gasteiger partial charge in [-0.05, 0) is 24.1 Å². The average molecular weight is 224 g/mol. The zero-order valence-corrected chi connectivity index (χ0v) is 9.86. The standard InChI is InChI=1S/C12H20N2O2/c1-9-3-4-10(7-11(9)13)12(15)8-14-5-6-16-2/h3-4,7,12,14-15H,5-6,8,13H2,1-2H3. The molecule has 1 unspecified atom stereocenters. The van der Waals surface area contributed by atoms with Gasteiger partial charge in [0.2, 0.25) is 0 Å². The number of anilines is 1. The average Bonchev–Trinajstić information content (AvgIpc) is 2.28. The highest BCUT2D eigenvalue weighted by Gasteiger charge is 2.07. The quantitative estimate of drug-likeness (QED) is 0.495. The van der Waals surface area contributed by atoms with Gasteiger partial charge in [0.15, 0.2) is 0 Å². The van der Waals surface area contributed by atoms with Crippen LogP contribution in [0.2, 0.25) is 0 Å². The number of aliphatic hydroxyl groups is 1. The molecule has 0 saturated carbocycles.